The highest BCUT2D eigenvalue weighted by Crippen LogP contribution is 2.15. The summed E-state index contributed by atoms with van der Waals surface area (Å²) < 4.78 is 0. The predicted molar refractivity (Wildman–Crippen MR) is 158 cm³/mol. The van der Waals surface area contributed by atoms with E-state index in [0.29, 0.717) is 19.4 Å². The Hall–Kier alpha value is -2.16. The molecular weight excluding hydrogens is 442 g/mol. The zero-order valence-corrected chi connectivity index (χ0v) is 24.6. The van der Waals surface area contributed by atoms with Crippen LogP contribution in [0.15, 0.2) is 58.2 Å². The smallest absolute Gasteiger partial charge is 0.220 e. The molecule has 0 aliphatic carbocycles. The first-order valence-electron chi connectivity index (χ1n) is 14.2. The van der Waals surface area contributed by atoms with Crippen molar-refractivity contribution in [3.05, 3.63) is 58.2 Å². The number of ketones is 1. The second kappa shape index (κ2) is 22.1. The van der Waals surface area contributed by atoms with Gasteiger partial charge in [-0.25, -0.2) is 0 Å². The van der Waals surface area contributed by atoms with Crippen LogP contribution in [-0.2, 0) is 9.59 Å². The number of unbranched alkanes of at least 4 members (excludes halogenated alkanes) is 1. The van der Waals surface area contributed by atoms with Gasteiger partial charge in [-0.15, -0.1) is 0 Å². The number of carbonyl (C=O) groups excluding carboxylic acids is 2. The van der Waals surface area contributed by atoms with Crippen LogP contribution in [0.25, 0.3) is 0 Å². The summed E-state index contributed by atoms with van der Waals surface area (Å²) in [7, 11) is 0. The van der Waals surface area contributed by atoms with E-state index in [1.165, 1.54) is 27.9 Å². The number of Topliss-reactive ketones (excluding diaryl/α,β-unsaturated/α-hetero) is 1. The lowest BCUT2D eigenvalue weighted by Gasteiger charge is -2.06. The Kier molecular flexibility index (Phi) is 20.7. The minimum atomic E-state index is 0.163. The second-order valence-corrected chi connectivity index (χ2v) is 10.5. The molecule has 0 unspecified atom stereocenters. The van der Waals surface area contributed by atoms with Crippen molar-refractivity contribution in [2.45, 2.75) is 132 Å². The van der Waals surface area contributed by atoms with Crippen molar-refractivity contribution in [2.75, 3.05) is 6.54 Å². The standard InChI is InChI=1S/C33H55NO2/c1-8-9-25-33(36)34-26-31(6)23-13-21-29(4)19-11-17-27(2)15-10-16-28(3)18-12-20-30(5)22-14-24-32(7)35/h15,18-19,22-23H,8-14,16-17,20-21,24-26H2,1-7H3,(H,34,36). The van der Waals surface area contributed by atoms with Gasteiger partial charge in [0.2, 0.25) is 5.91 Å². The topological polar surface area (TPSA) is 46.2 Å². The molecule has 3 heteroatoms. The van der Waals surface area contributed by atoms with E-state index in [-0.39, 0.29) is 11.7 Å². The van der Waals surface area contributed by atoms with Gasteiger partial charge >= 0.3 is 0 Å². The van der Waals surface area contributed by atoms with Gasteiger partial charge in [0, 0.05) is 19.4 Å². The Morgan fingerprint density at radius 3 is 1.25 bits per heavy atom. The highest BCUT2D eigenvalue weighted by atomic mass is 16.1. The minimum absolute atomic E-state index is 0.163. The van der Waals surface area contributed by atoms with Gasteiger partial charge in [0.15, 0.2) is 0 Å². The summed E-state index contributed by atoms with van der Waals surface area (Å²) in [5.74, 6) is 0.431. The van der Waals surface area contributed by atoms with E-state index in [2.05, 4.69) is 77.2 Å². The van der Waals surface area contributed by atoms with Crippen molar-refractivity contribution in [3.8, 4) is 0 Å². The molecule has 0 saturated heterocycles. The third kappa shape index (κ3) is 22.3. The average molecular weight is 498 g/mol. The van der Waals surface area contributed by atoms with Crippen molar-refractivity contribution in [1.82, 2.24) is 5.32 Å². The molecule has 0 atom stereocenters. The molecule has 0 rings (SSSR count). The molecule has 3 nitrogen and oxygen atoms in total. The van der Waals surface area contributed by atoms with Gasteiger partial charge in [0.1, 0.15) is 5.78 Å². The van der Waals surface area contributed by atoms with E-state index in [9.17, 15) is 9.59 Å². The van der Waals surface area contributed by atoms with Crippen LogP contribution < -0.4 is 5.32 Å². The van der Waals surface area contributed by atoms with Crippen molar-refractivity contribution in [3.63, 3.8) is 0 Å². The lowest BCUT2D eigenvalue weighted by molar-refractivity contribution is -0.121. The molecule has 0 aromatic carbocycles. The summed E-state index contributed by atoms with van der Waals surface area (Å²) in [4.78, 5) is 22.7. The summed E-state index contributed by atoms with van der Waals surface area (Å²) in [6, 6.07) is 0. The van der Waals surface area contributed by atoms with Crippen LogP contribution in [0, 0.1) is 0 Å². The van der Waals surface area contributed by atoms with Crippen LogP contribution in [0.5, 0.6) is 0 Å². The van der Waals surface area contributed by atoms with Gasteiger partial charge < -0.3 is 10.1 Å². The van der Waals surface area contributed by atoms with E-state index >= 15 is 0 Å². The number of rotatable bonds is 20. The third-order valence-corrected chi connectivity index (χ3v) is 6.44. The number of amides is 1. The van der Waals surface area contributed by atoms with Crippen LogP contribution >= 0.6 is 0 Å². The lowest BCUT2D eigenvalue weighted by atomic mass is 10.0. The van der Waals surface area contributed by atoms with E-state index in [1.54, 1.807) is 6.92 Å². The average Bonchev–Trinajstić information content (AvgIpc) is 2.81. The highest BCUT2D eigenvalue weighted by Gasteiger charge is 2.00. The first kappa shape index (κ1) is 33.8. The maximum absolute atomic E-state index is 11.7. The summed E-state index contributed by atoms with van der Waals surface area (Å²) >= 11 is 0. The van der Waals surface area contributed by atoms with E-state index in [4.69, 9.17) is 0 Å². The molecule has 0 aromatic rings. The van der Waals surface area contributed by atoms with Gasteiger partial charge in [0.05, 0.1) is 0 Å². The van der Waals surface area contributed by atoms with Crippen LogP contribution in [0.2, 0.25) is 0 Å². The zero-order chi connectivity index (χ0) is 27.2. The van der Waals surface area contributed by atoms with E-state index in [1.807, 2.05) is 0 Å². The number of allylic oxidation sites excluding steroid dienone is 9. The zero-order valence-electron chi connectivity index (χ0n) is 24.6. The molecule has 0 radical (unpaired) electrons. The molecule has 0 saturated carbocycles. The molecule has 0 spiro atoms. The fourth-order valence-corrected chi connectivity index (χ4v) is 3.85. The first-order valence-corrected chi connectivity index (χ1v) is 14.2. The Labute approximate surface area is 223 Å². The monoisotopic (exact) mass is 497 g/mol. The SMILES string of the molecule is CCCCC(=O)NCC(C)=CCCC(C)=CCCC(C)=CCCC(C)=CCCC(C)=CCCC(C)=O. The van der Waals surface area contributed by atoms with Gasteiger partial charge in [-0.2, -0.15) is 0 Å². The summed E-state index contributed by atoms with van der Waals surface area (Å²) in [6.07, 6.45) is 24.6. The molecule has 1 N–H and O–H groups in total. The van der Waals surface area contributed by atoms with Crippen LogP contribution in [0.3, 0.4) is 0 Å². The molecule has 0 bridgehead atoms. The molecule has 0 aliphatic rings. The van der Waals surface area contributed by atoms with Crippen LogP contribution in [0.4, 0.5) is 0 Å². The minimum Gasteiger partial charge on any atom is -0.352 e. The number of hydrogen-bond acceptors (Lipinski definition) is 2. The second-order valence-electron chi connectivity index (χ2n) is 10.5. The molecule has 204 valence electrons. The van der Waals surface area contributed by atoms with Gasteiger partial charge in [-0.1, -0.05) is 71.6 Å². The largest absolute Gasteiger partial charge is 0.352 e. The van der Waals surface area contributed by atoms with Crippen LogP contribution in [0.1, 0.15) is 132 Å². The van der Waals surface area contributed by atoms with E-state index < -0.39 is 0 Å². The normalized spacial score (nSPS) is 13.8. The van der Waals surface area contributed by atoms with E-state index in [0.717, 1.165) is 70.6 Å². The molecule has 0 aromatic heterocycles. The Balaban J connectivity index is 4.11. The number of hydrogen-bond donors (Lipinski definition) is 1. The van der Waals surface area contributed by atoms with Crippen molar-refractivity contribution in [1.29, 1.82) is 0 Å². The fraction of sp³-hybridized carbons (Fsp3) is 0.636. The number of carbonyl (C=O) groups is 2. The van der Waals surface area contributed by atoms with Gasteiger partial charge in [-0.3, -0.25) is 4.79 Å². The maximum Gasteiger partial charge on any atom is 0.220 e. The molecule has 36 heavy (non-hydrogen) atoms. The highest BCUT2D eigenvalue weighted by molar-refractivity contribution is 5.76. The van der Waals surface area contributed by atoms with Gasteiger partial charge in [0.25, 0.3) is 0 Å². The molecule has 1 amide bonds. The summed E-state index contributed by atoms with van der Waals surface area (Å²) in [5, 5.41) is 3.01. The quantitative estimate of drug-likeness (QED) is 0.170. The first-order chi connectivity index (χ1) is 17.1. The Morgan fingerprint density at radius 2 is 0.889 bits per heavy atom. The molecule has 0 aliphatic heterocycles. The summed E-state index contributed by atoms with van der Waals surface area (Å²) in [5.41, 5.74) is 7.02. The molecular formula is C33H55NO2. The Bertz CT molecular complexity index is 793. The molecule has 0 heterocycles. The molecule has 0 fully saturated rings. The Morgan fingerprint density at radius 1 is 0.528 bits per heavy atom. The predicted octanol–water partition coefficient (Wildman–Crippen LogP) is 9.51. The van der Waals surface area contributed by atoms with Gasteiger partial charge in [-0.05, 0) is 106 Å². The number of nitrogens with one attached hydrogen (secondary N) is 1. The van der Waals surface area contributed by atoms with Crippen LogP contribution in [-0.4, -0.2) is 18.2 Å². The van der Waals surface area contributed by atoms with Crippen molar-refractivity contribution in [2.24, 2.45) is 0 Å². The fourth-order valence-electron chi connectivity index (χ4n) is 3.85. The lowest BCUT2D eigenvalue weighted by Crippen LogP contribution is -2.24. The van der Waals surface area contributed by atoms with Crippen molar-refractivity contribution < 1.29 is 9.59 Å². The third-order valence-electron chi connectivity index (χ3n) is 6.44. The summed E-state index contributed by atoms with van der Waals surface area (Å²) in [6.45, 7) is 15.4. The van der Waals surface area contributed by atoms with Crippen molar-refractivity contribution >= 4 is 11.7 Å². The maximum atomic E-state index is 11.7.